The monoisotopic (exact) mass is 238 g/mol. The third-order valence-electron chi connectivity index (χ3n) is 4.46. The Morgan fingerprint density at radius 3 is 2.18 bits per heavy atom. The van der Waals surface area contributed by atoms with Crippen molar-refractivity contribution in [2.24, 2.45) is 5.92 Å². The van der Waals surface area contributed by atoms with E-state index in [-0.39, 0.29) is 0 Å². The normalized spacial score (nSPS) is 24.7. The van der Waals surface area contributed by atoms with Crippen molar-refractivity contribution in [1.82, 2.24) is 10.2 Å². The minimum Gasteiger partial charge on any atom is -0.315 e. The van der Waals surface area contributed by atoms with Crippen LogP contribution in [0.4, 0.5) is 0 Å². The van der Waals surface area contributed by atoms with Crippen molar-refractivity contribution in [2.45, 2.75) is 57.8 Å². The lowest BCUT2D eigenvalue weighted by atomic mass is 9.91. The molecule has 1 N–H and O–H groups in total. The van der Waals surface area contributed by atoms with E-state index in [9.17, 15) is 0 Å². The summed E-state index contributed by atoms with van der Waals surface area (Å²) >= 11 is 0. The summed E-state index contributed by atoms with van der Waals surface area (Å²) in [5, 5.41) is 3.69. The van der Waals surface area contributed by atoms with Gasteiger partial charge in [0, 0.05) is 13.1 Å². The molecule has 0 aromatic carbocycles. The van der Waals surface area contributed by atoms with Crippen molar-refractivity contribution in [3.05, 3.63) is 0 Å². The number of hydrogen-bond donors (Lipinski definition) is 1. The summed E-state index contributed by atoms with van der Waals surface area (Å²) < 4.78 is 0. The van der Waals surface area contributed by atoms with Gasteiger partial charge in [-0.1, -0.05) is 32.1 Å². The molecule has 2 fully saturated rings. The highest BCUT2D eigenvalue weighted by Crippen LogP contribution is 2.21. The van der Waals surface area contributed by atoms with Crippen molar-refractivity contribution in [3.63, 3.8) is 0 Å². The smallest absolute Gasteiger partial charge is 0.0107 e. The van der Waals surface area contributed by atoms with E-state index in [1.807, 2.05) is 0 Å². The van der Waals surface area contributed by atoms with E-state index in [1.54, 1.807) is 0 Å². The Morgan fingerprint density at radius 2 is 1.47 bits per heavy atom. The van der Waals surface area contributed by atoms with Gasteiger partial charge in [0.15, 0.2) is 0 Å². The lowest BCUT2D eigenvalue weighted by molar-refractivity contribution is 0.317. The van der Waals surface area contributed by atoms with Gasteiger partial charge in [-0.05, 0) is 51.2 Å². The Hall–Kier alpha value is -0.0800. The molecule has 17 heavy (non-hydrogen) atoms. The van der Waals surface area contributed by atoms with Crippen LogP contribution in [-0.2, 0) is 0 Å². The third kappa shape index (κ3) is 5.39. The van der Waals surface area contributed by atoms with Gasteiger partial charge in [-0.3, -0.25) is 0 Å². The molecule has 2 heteroatoms. The average molecular weight is 238 g/mol. The van der Waals surface area contributed by atoms with Gasteiger partial charge in [-0.25, -0.2) is 0 Å². The number of likely N-dealkylation sites (tertiary alicyclic amines) is 1. The van der Waals surface area contributed by atoms with Crippen LogP contribution in [0.2, 0.25) is 0 Å². The van der Waals surface area contributed by atoms with Gasteiger partial charge in [0.1, 0.15) is 0 Å². The zero-order valence-corrected chi connectivity index (χ0v) is 11.4. The maximum absolute atomic E-state index is 3.69. The van der Waals surface area contributed by atoms with Crippen LogP contribution in [0, 0.1) is 5.92 Å². The molecule has 1 saturated carbocycles. The molecule has 2 aliphatic rings. The molecular weight excluding hydrogens is 208 g/mol. The highest BCUT2D eigenvalue weighted by molar-refractivity contribution is 4.69. The van der Waals surface area contributed by atoms with Gasteiger partial charge < -0.3 is 10.2 Å². The SMILES string of the molecule is C1CCCC(CNCCN2CCCC2)CCC1. The number of nitrogens with zero attached hydrogens (tertiary/aromatic N) is 1. The predicted molar refractivity (Wildman–Crippen MR) is 74.4 cm³/mol. The number of nitrogens with one attached hydrogen (secondary N) is 1. The Labute approximate surface area is 107 Å². The average Bonchev–Trinajstić information content (AvgIpc) is 2.79. The Bertz CT molecular complexity index is 179. The second kappa shape index (κ2) is 8.10. The molecule has 2 rings (SSSR count). The van der Waals surface area contributed by atoms with Gasteiger partial charge in [0.25, 0.3) is 0 Å². The fourth-order valence-corrected chi connectivity index (χ4v) is 3.29. The van der Waals surface area contributed by atoms with E-state index in [1.165, 1.54) is 90.5 Å². The largest absolute Gasteiger partial charge is 0.315 e. The topological polar surface area (TPSA) is 15.3 Å². The first kappa shape index (κ1) is 13.4. The first-order valence-corrected chi connectivity index (χ1v) is 7.88. The fraction of sp³-hybridized carbons (Fsp3) is 1.00. The summed E-state index contributed by atoms with van der Waals surface area (Å²) in [4.78, 5) is 2.60. The van der Waals surface area contributed by atoms with Gasteiger partial charge >= 0.3 is 0 Å². The van der Waals surface area contributed by atoms with Crippen LogP contribution in [0.1, 0.15) is 57.8 Å². The zero-order valence-electron chi connectivity index (χ0n) is 11.4. The molecule has 0 radical (unpaired) electrons. The second-order valence-corrected chi connectivity index (χ2v) is 5.96. The van der Waals surface area contributed by atoms with Crippen molar-refractivity contribution < 1.29 is 0 Å². The lowest BCUT2D eigenvalue weighted by Crippen LogP contribution is -2.32. The first-order chi connectivity index (χ1) is 8.45. The van der Waals surface area contributed by atoms with Crippen molar-refractivity contribution in [3.8, 4) is 0 Å². The summed E-state index contributed by atoms with van der Waals surface area (Å²) in [5.41, 5.74) is 0. The molecule has 0 amide bonds. The van der Waals surface area contributed by atoms with E-state index in [0.717, 1.165) is 5.92 Å². The van der Waals surface area contributed by atoms with E-state index >= 15 is 0 Å². The summed E-state index contributed by atoms with van der Waals surface area (Å²) in [5.74, 6) is 0.967. The second-order valence-electron chi connectivity index (χ2n) is 5.96. The predicted octanol–water partition coefficient (Wildman–Crippen LogP) is 3.03. The van der Waals surface area contributed by atoms with Crippen LogP contribution in [0.25, 0.3) is 0 Å². The summed E-state index contributed by atoms with van der Waals surface area (Å²) in [6.07, 6.45) is 13.2. The standard InChI is InChI=1S/C15H30N2/c1-2-4-8-15(9-5-3-1)14-16-10-13-17-11-6-7-12-17/h15-16H,1-14H2. The third-order valence-corrected chi connectivity index (χ3v) is 4.46. The van der Waals surface area contributed by atoms with Gasteiger partial charge in [-0.15, -0.1) is 0 Å². The highest BCUT2D eigenvalue weighted by atomic mass is 15.1. The van der Waals surface area contributed by atoms with Crippen LogP contribution in [0.15, 0.2) is 0 Å². The summed E-state index contributed by atoms with van der Waals surface area (Å²) in [6, 6.07) is 0. The minimum atomic E-state index is 0.967. The molecule has 0 spiro atoms. The van der Waals surface area contributed by atoms with Crippen LogP contribution in [0.3, 0.4) is 0 Å². The van der Waals surface area contributed by atoms with Crippen molar-refractivity contribution in [2.75, 3.05) is 32.7 Å². The van der Waals surface area contributed by atoms with E-state index in [2.05, 4.69) is 10.2 Å². The Morgan fingerprint density at radius 1 is 0.824 bits per heavy atom. The molecule has 0 aromatic heterocycles. The van der Waals surface area contributed by atoms with Crippen LogP contribution in [-0.4, -0.2) is 37.6 Å². The Kier molecular flexibility index (Phi) is 6.36. The van der Waals surface area contributed by atoms with Gasteiger partial charge in [0.2, 0.25) is 0 Å². The Balaban J connectivity index is 1.50. The zero-order chi connectivity index (χ0) is 11.8. The van der Waals surface area contributed by atoms with Crippen LogP contribution >= 0.6 is 0 Å². The van der Waals surface area contributed by atoms with Crippen molar-refractivity contribution in [1.29, 1.82) is 0 Å². The van der Waals surface area contributed by atoms with Gasteiger partial charge in [0.05, 0.1) is 0 Å². The minimum absolute atomic E-state index is 0.967. The van der Waals surface area contributed by atoms with E-state index < -0.39 is 0 Å². The van der Waals surface area contributed by atoms with Crippen LogP contribution < -0.4 is 5.32 Å². The summed E-state index contributed by atoms with van der Waals surface area (Å²) in [6.45, 7) is 6.42. The van der Waals surface area contributed by atoms with Crippen LogP contribution in [0.5, 0.6) is 0 Å². The molecule has 0 bridgehead atoms. The molecule has 1 heterocycles. The van der Waals surface area contributed by atoms with Gasteiger partial charge in [-0.2, -0.15) is 0 Å². The molecule has 1 saturated heterocycles. The lowest BCUT2D eigenvalue weighted by Gasteiger charge is -2.21. The quantitative estimate of drug-likeness (QED) is 0.741. The van der Waals surface area contributed by atoms with Crippen molar-refractivity contribution >= 4 is 0 Å². The maximum atomic E-state index is 3.69. The fourth-order valence-electron chi connectivity index (χ4n) is 3.29. The molecule has 100 valence electrons. The molecule has 0 unspecified atom stereocenters. The highest BCUT2D eigenvalue weighted by Gasteiger charge is 2.12. The molecule has 2 nitrogen and oxygen atoms in total. The number of hydrogen-bond acceptors (Lipinski definition) is 2. The molecule has 0 aromatic rings. The summed E-state index contributed by atoms with van der Waals surface area (Å²) in [7, 11) is 0. The molecular formula is C15H30N2. The molecule has 1 aliphatic carbocycles. The molecule has 0 atom stereocenters. The number of rotatable bonds is 5. The molecule has 1 aliphatic heterocycles. The van der Waals surface area contributed by atoms with E-state index in [0.29, 0.717) is 0 Å². The first-order valence-electron chi connectivity index (χ1n) is 7.88. The van der Waals surface area contributed by atoms with E-state index in [4.69, 9.17) is 0 Å². The maximum Gasteiger partial charge on any atom is 0.0107 e.